The summed E-state index contributed by atoms with van der Waals surface area (Å²) in [5, 5.41) is 0. The van der Waals surface area contributed by atoms with E-state index in [1.807, 2.05) is 0 Å². The Hall–Kier alpha value is -2.62. The maximum Gasteiger partial charge on any atom is 0.416 e. The monoisotopic (exact) mass is 414 g/mol. The van der Waals surface area contributed by atoms with Gasteiger partial charge in [-0.15, -0.1) is 0 Å². The molecule has 0 aliphatic carbocycles. The van der Waals surface area contributed by atoms with Gasteiger partial charge in [-0.05, 0) is 42.5 Å². The Morgan fingerprint density at radius 2 is 1.46 bits per heavy atom. The van der Waals surface area contributed by atoms with Crippen molar-refractivity contribution in [2.75, 3.05) is 21.3 Å². The number of nitrogens with zero attached hydrogens (tertiary/aromatic N) is 2. The summed E-state index contributed by atoms with van der Waals surface area (Å²) in [6, 6.07) is 6.92. The average Bonchev–Trinajstić information content (AvgIpc) is 3.04. The molecule has 2 saturated heterocycles. The van der Waals surface area contributed by atoms with Gasteiger partial charge in [-0.1, -0.05) is 6.07 Å². The molecule has 2 amide bonds. The summed E-state index contributed by atoms with van der Waals surface area (Å²) < 4.78 is 76.8. The van der Waals surface area contributed by atoms with E-state index in [0.717, 1.165) is 29.2 Å². The van der Waals surface area contributed by atoms with Crippen LogP contribution in [0.2, 0.25) is 0 Å². The second-order valence-electron chi connectivity index (χ2n) is 6.76. The molecule has 0 N–H and O–H groups in total. The van der Waals surface area contributed by atoms with Gasteiger partial charge in [-0.2, -0.15) is 13.2 Å². The van der Waals surface area contributed by atoms with E-state index in [1.165, 1.54) is 29.2 Å². The summed E-state index contributed by atoms with van der Waals surface area (Å²) in [5.41, 5.74) is -0.681. The highest BCUT2D eigenvalue weighted by molar-refractivity contribution is 7.91. The van der Waals surface area contributed by atoms with Crippen LogP contribution in [0.15, 0.2) is 48.5 Å². The Balaban J connectivity index is 1.80. The molecule has 2 aliphatic rings. The molecule has 0 unspecified atom stereocenters. The normalized spacial score (nSPS) is 23.9. The van der Waals surface area contributed by atoms with Crippen LogP contribution in [0.5, 0.6) is 0 Å². The van der Waals surface area contributed by atoms with Crippen LogP contribution in [0, 0.1) is 5.82 Å². The third-order valence-corrected chi connectivity index (χ3v) is 6.62. The Bertz CT molecular complexity index is 1040. The number of hydrogen-bond acceptors (Lipinski definition) is 3. The quantitative estimate of drug-likeness (QED) is 0.559. The first-order valence-corrected chi connectivity index (χ1v) is 10.1. The van der Waals surface area contributed by atoms with Crippen LogP contribution in [0.4, 0.5) is 33.7 Å². The standard InChI is InChI=1S/C18H14F4N2O3S/c19-12-4-6-13(7-5-12)23-15-9-28(26,27)10-16(15)24(17(23)25)14-3-1-2-11(8-14)18(20,21)22/h1-8,15-16H,9-10H2/t15-,16+/m1/s1. The number of amides is 2. The van der Waals surface area contributed by atoms with Crippen LogP contribution in [-0.2, 0) is 16.0 Å². The minimum absolute atomic E-state index is 0.0310. The van der Waals surface area contributed by atoms with Crippen molar-refractivity contribution in [3.63, 3.8) is 0 Å². The Kier molecular flexibility index (Phi) is 4.14. The average molecular weight is 414 g/mol. The summed E-state index contributed by atoms with van der Waals surface area (Å²) >= 11 is 0. The number of hydrogen-bond donors (Lipinski definition) is 0. The van der Waals surface area contributed by atoms with E-state index in [2.05, 4.69) is 0 Å². The molecule has 0 radical (unpaired) electrons. The lowest BCUT2D eigenvalue weighted by molar-refractivity contribution is -0.137. The second kappa shape index (κ2) is 6.20. The number of carbonyl (C=O) groups is 1. The number of fused-ring (bicyclic) bond motifs is 1. The van der Waals surface area contributed by atoms with Gasteiger partial charge < -0.3 is 0 Å². The van der Waals surface area contributed by atoms with Gasteiger partial charge in [0.2, 0.25) is 0 Å². The fourth-order valence-electron chi connectivity index (χ4n) is 3.74. The van der Waals surface area contributed by atoms with Crippen molar-refractivity contribution in [3.05, 3.63) is 59.9 Å². The minimum atomic E-state index is -4.60. The van der Waals surface area contributed by atoms with Crippen molar-refractivity contribution in [2.24, 2.45) is 0 Å². The predicted molar refractivity (Wildman–Crippen MR) is 94.4 cm³/mol. The van der Waals surface area contributed by atoms with Gasteiger partial charge in [0.25, 0.3) is 0 Å². The Morgan fingerprint density at radius 3 is 2.04 bits per heavy atom. The lowest BCUT2D eigenvalue weighted by Crippen LogP contribution is -2.38. The molecule has 0 bridgehead atoms. The van der Waals surface area contributed by atoms with Crippen molar-refractivity contribution >= 4 is 27.2 Å². The molecule has 0 aromatic heterocycles. The highest BCUT2D eigenvalue weighted by Gasteiger charge is 2.54. The van der Waals surface area contributed by atoms with Gasteiger partial charge in [0.15, 0.2) is 9.84 Å². The second-order valence-corrected chi connectivity index (χ2v) is 8.91. The first kappa shape index (κ1) is 18.7. The molecule has 2 aliphatic heterocycles. The zero-order valence-corrected chi connectivity index (χ0v) is 15.0. The predicted octanol–water partition coefficient (Wildman–Crippen LogP) is 3.46. The number of alkyl halides is 3. The smallest absolute Gasteiger partial charge is 0.288 e. The van der Waals surface area contributed by atoms with Crippen molar-refractivity contribution < 1.29 is 30.8 Å². The molecule has 2 fully saturated rings. The molecule has 28 heavy (non-hydrogen) atoms. The molecular weight excluding hydrogens is 400 g/mol. The molecule has 2 heterocycles. The summed E-state index contributed by atoms with van der Waals surface area (Å²) in [6.45, 7) is 0. The van der Waals surface area contributed by atoms with Crippen LogP contribution in [-0.4, -0.2) is 38.0 Å². The number of anilines is 2. The van der Waals surface area contributed by atoms with E-state index in [1.54, 1.807) is 0 Å². The highest BCUT2D eigenvalue weighted by atomic mass is 32.2. The minimum Gasteiger partial charge on any atom is -0.288 e. The maximum absolute atomic E-state index is 13.2. The molecule has 148 valence electrons. The van der Waals surface area contributed by atoms with Crippen molar-refractivity contribution in [3.8, 4) is 0 Å². The topological polar surface area (TPSA) is 57.7 Å². The van der Waals surface area contributed by atoms with E-state index in [0.29, 0.717) is 0 Å². The van der Waals surface area contributed by atoms with Crippen LogP contribution in [0.25, 0.3) is 0 Å². The van der Waals surface area contributed by atoms with Gasteiger partial charge in [0.1, 0.15) is 5.82 Å². The number of sulfone groups is 1. The number of carbonyl (C=O) groups excluding carboxylic acids is 1. The fraction of sp³-hybridized carbons (Fsp3) is 0.278. The van der Waals surface area contributed by atoms with Gasteiger partial charge in [0, 0.05) is 11.4 Å². The lowest BCUT2D eigenvalue weighted by Gasteiger charge is -2.23. The number of benzene rings is 2. The Labute approximate surface area is 158 Å². The molecule has 2 aromatic carbocycles. The number of urea groups is 1. The molecule has 10 heteroatoms. The molecule has 4 rings (SSSR count). The molecule has 0 saturated carbocycles. The van der Waals surface area contributed by atoms with Gasteiger partial charge in [-0.25, -0.2) is 17.6 Å². The third kappa shape index (κ3) is 3.11. The SMILES string of the molecule is O=C1N(c2ccc(F)cc2)[C@@H]2CS(=O)(=O)C[C@@H]2N1c1cccc(C(F)(F)F)c1. The van der Waals surface area contributed by atoms with E-state index >= 15 is 0 Å². The van der Waals surface area contributed by atoms with Gasteiger partial charge in [-0.3, -0.25) is 9.80 Å². The van der Waals surface area contributed by atoms with Crippen LogP contribution in [0.3, 0.4) is 0 Å². The Morgan fingerprint density at radius 1 is 0.893 bits per heavy atom. The summed E-state index contributed by atoms with van der Waals surface area (Å²) in [4.78, 5) is 15.4. The molecule has 5 nitrogen and oxygen atoms in total. The van der Waals surface area contributed by atoms with Crippen LogP contribution < -0.4 is 9.80 Å². The zero-order chi connectivity index (χ0) is 20.3. The third-order valence-electron chi connectivity index (χ3n) is 4.93. The van der Waals surface area contributed by atoms with E-state index in [-0.39, 0.29) is 22.9 Å². The molecule has 0 spiro atoms. The number of rotatable bonds is 2. The van der Waals surface area contributed by atoms with Crippen molar-refractivity contribution in [1.29, 1.82) is 0 Å². The first-order valence-electron chi connectivity index (χ1n) is 8.32. The highest BCUT2D eigenvalue weighted by Crippen LogP contribution is 2.39. The summed E-state index contributed by atoms with van der Waals surface area (Å²) in [5.74, 6) is -1.19. The maximum atomic E-state index is 13.2. The first-order chi connectivity index (χ1) is 13.1. The van der Waals surface area contributed by atoms with Gasteiger partial charge in [0.05, 0.1) is 29.2 Å². The molecule has 2 aromatic rings. The van der Waals surface area contributed by atoms with Crippen LogP contribution >= 0.6 is 0 Å². The molecule has 2 atom stereocenters. The fourth-order valence-corrected chi connectivity index (χ4v) is 5.66. The van der Waals surface area contributed by atoms with Crippen molar-refractivity contribution in [1.82, 2.24) is 0 Å². The van der Waals surface area contributed by atoms with Gasteiger partial charge >= 0.3 is 12.2 Å². The van der Waals surface area contributed by atoms with E-state index < -0.39 is 45.5 Å². The lowest BCUT2D eigenvalue weighted by atomic mass is 10.1. The summed E-state index contributed by atoms with van der Waals surface area (Å²) in [6.07, 6.45) is -4.60. The summed E-state index contributed by atoms with van der Waals surface area (Å²) in [7, 11) is -3.49. The largest absolute Gasteiger partial charge is 0.416 e. The molecular formula is C18H14F4N2O3S. The van der Waals surface area contributed by atoms with E-state index in [9.17, 15) is 30.8 Å². The van der Waals surface area contributed by atoms with E-state index in [4.69, 9.17) is 0 Å². The zero-order valence-electron chi connectivity index (χ0n) is 14.2. The number of halogens is 4. The van der Waals surface area contributed by atoms with Crippen LogP contribution in [0.1, 0.15) is 5.56 Å². The van der Waals surface area contributed by atoms with Crippen molar-refractivity contribution in [2.45, 2.75) is 18.3 Å².